The zero-order valence-corrected chi connectivity index (χ0v) is 10.5. The van der Waals surface area contributed by atoms with Crippen molar-refractivity contribution in [1.82, 2.24) is 10.6 Å². The molecule has 1 amide bonds. The highest BCUT2D eigenvalue weighted by atomic mass is 19.4. The van der Waals surface area contributed by atoms with Crippen molar-refractivity contribution in [2.45, 2.75) is 45.8 Å². The number of carbonyl (C=O) groups excluding carboxylic acids is 1. The number of rotatable bonds is 7. The van der Waals surface area contributed by atoms with Crippen LogP contribution in [0.25, 0.3) is 0 Å². The van der Waals surface area contributed by atoms with Crippen molar-refractivity contribution in [3.63, 3.8) is 0 Å². The highest BCUT2D eigenvalue weighted by Crippen LogP contribution is 2.11. The molecular formula is C11H21F3N2O. The van der Waals surface area contributed by atoms with E-state index in [0.29, 0.717) is 5.92 Å². The summed E-state index contributed by atoms with van der Waals surface area (Å²) < 4.78 is 35.4. The maximum absolute atomic E-state index is 11.8. The standard InChI is InChI=1S/C11H21F3N2O/c1-8(2)4-5-9(3)15-6-10(17)16-7-11(12,13)14/h8-9,15H,4-7H2,1-3H3,(H,16,17)/t9-/m1/s1. The van der Waals surface area contributed by atoms with E-state index in [4.69, 9.17) is 0 Å². The van der Waals surface area contributed by atoms with Crippen LogP contribution in [-0.4, -0.2) is 31.2 Å². The average Bonchev–Trinajstić information content (AvgIpc) is 2.19. The fourth-order valence-electron chi connectivity index (χ4n) is 1.21. The lowest BCUT2D eigenvalue weighted by Gasteiger charge is -2.15. The van der Waals surface area contributed by atoms with Crippen molar-refractivity contribution >= 4 is 5.91 Å². The lowest BCUT2D eigenvalue weighted by Crippen LogP contribution is -2.41. The van der Waals surface area contributed by atoms with Crippen LogP contribution in [-0.2, 0) is 4.79 Å². The molecule has 0 aliphatic heterocycles. The third-order valence-electron chi connectivity index (χ3n) is 2.27. The molecule has 0 saturated heterocycles. The van der Waals surface area contributed by atoms with Gasteiger partial charge in [-0.3, -0.25) is 4.79 Å². The van der Waals surface area contributed by atoms with Crippen molar-refractivity contribution in [1.29, 1.82) is 0 Å². The Hall–Kier alpha value is -0.780. The minimum Gasteiger partial charge on any atom is -0.346 e. The van der Waals surface area contributed by atoms with E-state index in [9.17, 15) is 18.0 Å². The Morgan fingerprint density at radius 2 is 1.76 bits per heavy atom. The molecule has 0 radical (unpaired) electrons. The van der Waals surface area contributed by atoms with Crippen molar-refractivity contribution in [2.75, 3.05) is 13.1 Å². The fraction of sp³-hybridized carbons (Fsp3) is 0.909. The number of alkyl halides is 3. The minimum atomic E-state index is -4.35. The second kappa shape index (κ2) is 7.53. The van der Waals surface area contributed by atoms with Gasteiger partial charge in [0.05, 0.1) is 6.54 Å². The number of nitrogens with one attached hydrogen (secondary N) is 2. The van der Waals surface area contributed by atoms with Crippen molar-refractivity contribution < 1.29 is 18.0 Å². The van der Waals surface area contributed by atoms with Crippen LogP contribution in [0.5, 0.6) is 0 Å². The molecule has 1 atom stereocenters. The first-order valence-electron chi connectivity index (χ1n) is 5.77. The smallest absolute Gasteiger partial charge is 0.346 e. The summed E-state index contributed by atoms with van der Waals surface area (Å²) in [7, 11) is 0. The van der Waals surface area contributed by atoms with E-state index in [1.165, 1.54) is 0 Å². The summed E-state index contributed by atoms with van der Waals surface area (Å²) in [5.41, 5.74) is 0. The van der Waals surface area contributed by atoms with Gasteiger partial charge in [0, 0.05) is 6.04 Å². The summed E-state index contributed by atoms with van der Waals surface area (Å²) in [4.78, 5) is 11.1. The Labute approximate surface area is 100 Å². The molecular weight excluding hydrogens is 233 g/mol. The monoisotopic (exact) mass is 254 g/mol. The van der Waals surface area contributed by atoms with Gasteiger partial charge in [0.2, 0.25) is 5.91 Å². The van der Waals surface area contributed by atoms with Gasteiger partial charge in [-0.25, -0.2) is 0 Å². The van der Waals surface area contributed by atoms with Gasteiger partial charge in [-0.05, 0) is 25.7 Å². The van der Waals surface area contributed by atoms with Crippen LogP contribution in [0.15, 0.2) is 0 Å². The van der Waals surface area contributed by atoms with Crippen molar-refractivity contribution in [3.8, 4) is 0 Å². The molecule has 0 heterocycles. The molecule has 0 bridgehead atoms. The largest absolute Gasteiger partial charge is 0.405 e. The summed E-state index contributed by atoms with van der Waals surface area (Å²) >= 11 is 0. The summed E-state index contributed by atoms with van der Waals surface area (Å²) in [6.45, 7) is 4.77. The van der Waals surface area contributed by atoms with Gasteiger partial charge < -0.3 is 10.6 Å². The Morgan fingerprint density at radius 1 is 1.18 bits per heavy atom. The summed E-state index contributed by atoms with van der Waals surface area (Å²) in [5.74, 6) is -0.0444. The zero-order chi connectivity index (χ0) is 13.5. The number of amides is 1. The van der Waals surface area contributed by atoms with E-state index in [1.807, 2.05) is 12.2 Å². The first-order chi connectivity index (χ1) is 7.70. The van der Waals surface area contributed by atoms with Crippen LogP contribution in [0.3, 0.4) is 0 Å². The maximum atomic E-state index is 11.8. The molecule has 0 aliphatic rings. The molecule has 17 heavy (non-hydrogen) atoms. The first-order valence-corrected chi connectivity index (χ1v) is 5.77. The van der Waals surface area contributed by atoms with Gasteiger partial charge in [0.15, 0.2) is 0 Å². The lowest BCUT2D eigenvalue weighted by molar-refractivity contribution is -0.137. The van der Waals surface area contributed by atoms with Crippen LogP contribution in [0.4, 0.5) is 13.2 Å². The van der Waals surface area contributed by atoms with E-state index in [1.54, 1.807) is 0 Å². The van der Waals surface area contributed by atoms with Gasteiger partial charge in [0.1, 0.15) is 6.54 Å². The molecule has 0 aliphatic carbocycles. The third kappa shape index (κ3) is 11.5. The molecule has 6 heteroatoms. The molecule has 0 unspecified atom stereocenters. The van der Waals surface area contributed by atoms with Crippen LogP contribution in [0, 0.1) is 5.92 Å². The van der Waals surface area contributed by atoms with Crippen LogP contribution < -0.4 is 10.6 Å². The molecule has 0 spiro atoms. The molecule has 0 rings (SSSR count). The highest BCUT2D eigenvalue weighted by molar-refractivity contribution is 5.78. The van der Waals surface area contributed by atoms with Crippen LogP contribution in [0.2, 0.25) is 0 Å². The minimum absolute atomic E-state index is 0.0741. The number of carbonyl (C=O) groups is 1. The predicted molar refractivity (Wildman–Crippen MR) is 60.6 cm³/mol. The Balaban J connectivity index is 3.62. The number of halogens is 3. The molecule has 0 aromatic carbocycles. The molecule has 2 N–H and O–H groups in total. The van der Waals surface area contributed by atoms with E-state index < -0.39 is 18.6 Å². The summed E-state index contributed by atoms with van der Waals surface area (Å²) in [6, 6.07) is 0.133. The Kier molecular flexibility index (Phi) is 7.18. The SMILES string of the molecule is CC(C)CC[C@@H](C)NCC(=O)NCC(F)(F)F. The quantitative estimate of drug-likeness (QED) is 0.730. The molecule has 3 nitrogen and oxygen atoms in total. The predicted octanol–water partition coefficient (Wildman–Crippen LogP) is 2.08. The Bertz CT molecular complexity index is 229. The first kappa shape index (κ1) is 16.2. The second-order valence-corrected chi connectivity index (χ2v) is 4.65. The molecule has 0 aromatic heterocycles. The Morgan fingerprint density at radius 3 is 2.24 bits per heavy atom. The van der Waals surface area contributed by atoms with Gasteiger partial charge in [-0.15, -0.1) is 0 Å². The topological polar surface area (TPSA) is 41.1 Å². The molecule has 0 fully saturated rings. The van der Waals surface area contributed by atoms with Gasteiger partial charge >= 0.3 is 6.18 Å². The normalized spacial score (nSPS) is 13.8. The molecule has 0 aromatic rings. The average molecular weight is 254 g/mol. The number of hydrogen-bond acceptors (Lipinski definition) is 2. The van der Waals surface area contributed by atoms with E-state index in [0.717, 1.165) is 12.8 Å². The van der Waals surface area contributed by atoms with E-state index >= 15 is 0 Å². The fourth-order valence-corrected chi connectivity index (χ4v) is 1.21. The van der Waals surface area contributed by atoms with Crippen molar-refractivity contribution in [3.05, 3.63) is 0 Å². The van der Waals surface area contributed by atoms with Crippen molar-refractivity contribution in [2.24, 2.45) is 5.92 Å². The highest BCUT2D eigenvalue weighted by Gasteiger charge is 2.27. The summed E-state index contributed by atoms with van der Waals surface area (Å²) in [6.07, 6.45) is -2.42. The van der Waals surface area contributed by atoms with Crippen LogP contribution in [0.1, 0.15) is 33.6 Å². The molecule has 0 saturated carbocycles. The third-order valence-corrected chi connectivity index (χ3v) is 2.27. The maximum Gasteiger partial charge on any atom is 0.405 e. The van der Waals surface area contributed by atoms with Gasteiger partial charge in [0.25, 0.3) is 0 Å². The molecule has 102 valence electrons. The second-order valence-electron chi connectivity index (χ2n) is 4.65. The van der Waals surface area contributed by atoms with Gasteiger partial charge in [-0.2, -0.15) is 13.2 Å². The lowest BCUT2D eigenvalue weighted by atomic mass is 10.0. The van der Waals surface area contributed by atoms with Crippen LogP contribution >= 0.6 is 0 Å². The van der Waals surface area contributed by atoms with E-state index in [-0.39, 0.29) is 12.6 Å². The van der Waals surface area contributed by atoms with Gasteiger partial charge in [-0.1, -0.05) is 13.8 Å². The number of hydrogen-bond donors (Lipinski definition) is 2. The van der Waals surface area contributed by atoms with E-state index in [2.05, 4.69) is 19.2 Å². The zero-order valence-electron chi connectivity index (χ0n) is 10.5. The summed E-state index contributed by atoms with van der Waals surface area (Å²) in [5, 5.41) is 4.71.